The van der Waals surface area contributed by atoms with Crippen molar-refractivity contribution in [3.05, 3.63) is 47.5 Å². The summed E-state index contributed by atoms with van der Waals surface area (Å²) in [6, 6.07) is 6.94. The van der Waals surface area contributed by atoms with Crippen molar-refractivity contribution in [2.75, 3.05) is 20.6 Å². The van der Waals surface area contributed by atoms with Gasteiger partial charge in [0.05, 0.1) is 11.8 Å². The number of allylic oxidation sites excluding steroid dienone is 2. The summed E-state index contributed by atoms with van der Waals surface area (Å²) < 4.78 is 0. The molecule has 1 N–H and O–H groups in total. The van der Waals surface area contributed by atoms with Crippen LogP contribution < -0.4 is 5.32 Å². The molecule has 1 fully saturated rings. The molecule has 1 aliphatic carbocycles. The van der Waals surface area contributed by atoms with Crippen LogP contribution in [0.4, 0.5) is 0 Å². The number of hydrogen-bond donors (Lipinski definition) is 1. The summed E-state index contributed by atoms with van der Waals surface area (Å²) >= 11 is 0. The maximum absolute atomic E-state index is 12.5. The number of fused-ring (bicyclic) bond motifs is 1. The van der Waals surface area contributed by atoms with E-state index in [9.17, 15) is 19.2 Å². The van der Waals surface area contributed by atoms with E-state index in [1.165, 1.54) is 4.90 Å². The van der Waals surface area contributed by atoms with Crippen LogP contribution >= 0.6 is 0 Å². The number of carbonyl (C=O) groups excluding carboxylic acids is 4. The van der Waals surface area contributed by atoms with Gasteiger partial charge in [-0.25, -0.2) is 0 Å². The molecule has 3 rings (SSSR count). The molecular formula is C20H23N3O4. The molecule has 0 saturated carbocycles. The summed E-state index contributed by atoms with van der Waals surface area (Å²) in [6.07, 6.45) is 4.97. The summed E-state index contributed by atoms with van der Waals surface area (Å²) in [5, 5.41) is 2.55. The maximum Gasteiger partial charge on any atom is 0.251 e. The first kappa shape index (κ1) is 18.8. The van der Waals surface area contributed by atoms with Gasteiger partial charge in [-0.3, -0.25) is 24.1 Å². The van der Waals surface area contributed by atoms with Gasteiger partial charge in [-0.05, 0) is 30.5 Å². The smallest absolute Gasteiger partial charge is 0.251 e. The van der Waals surface area contributed by atoms with Crippen molar-refractivity contribution in [2.24, 2.45) is 11.8 Å². The number of imide groups is 1. The molecule has 0 spiro atoms. The standard InChI is InChI=1S/C20H23N3O4/c1-21-18(25)14-9-7-13(8-10-14)11-22(2)17(24)12-23-19(26)15-5-3-4-6-16(15)20(23)27/h3-4,7-10,15-16H,5-6,11-12H2,1-2H3,(H,21,25)/t15-,16-/m0/s1. The van der Waals surface area contributed by atoms with E-state index in [0.29, 0.717) is 24.9 Å². The van der Waals surface area contributed by atoms with Gasteiger partial charge in [0.1, 0.15) is 6.54 Å². The average Bonchev–Trinajstić information content (AvgIpc) is 2.93. The molecule has 0 radical (unpaired) electrons. The highest BCUT2D eigenvalue weighted by molar-refractivity contribution is 6.07. The molecule has 142 valence electrons. The van der Waals surface area contributed by atoms with Crippen LogP contribution in [-0.4, -0.2) is 54.1 Å². The van der Waals surface area contributed by atoms with Crippen molar-refractivity contribution < 1.29 is 19.2 Å². The molecular weight excluding hydrogens is 346 g/mol. The molecule has 1 aliphatic heterocycles. The van der Waals surface area contributed by atoms with Gasteiger partial charge in [0.2, 0.25) is 17.7 Å². The highest BCUT2D eigenvalue weighted by atomic mass is 16.2. The molecule has 0 unspecified atom stereocenters. The van der Waals surface area contributed by atoms with Gasteiger partial charge in [0.25, 0.3) is 5.91 Å². The normalized spacial score (nSPS) is 21.2. The van der Waals surface area contributed by atoms with Crippen LogP contribution in [0.1, 0.15) is 28.8 Å². The van der Waals surface area contributed by atoms with Crippen LogP contribution in [-0.2, 0) is 20.9 Å². The Morgan fingerprint density at radius 3 is 2.15 bits per heavy atom. The summed E-state index contributed by atoms with van der Waals surface area (Å²) in [5.74, 6) is -1.60. The first-order valence-corrected chi connectivity index (χ1v) is 8.97. The highest BCUT2D eigenvalue weighted by Gasteiger charge is 2.47. The van der Waals surface area contributed by atoms with Crippen molar-refractivity contribution in [1.29, 1.82) is 0 Å². The quantitative estimate of drug-likeness (QED) is 0.619. The van der Waals surface area contributed by atoms with Gasteiger partial charge in [-0.2, -0.15) is 0 Å². The lowest BCUT2D eigenvalue weighted by Crippen LogP contribution is -2.41. The average molecular weight is 369 g/mol. The fourth-order valence-electron chi connectivity index (χ4n) is 3.55. The van der Waals surface area contributed by atoms with Gasteiger partial charge >= 0.3 is 0 Å². The SMILES string of the molecule is CNC(=O)c1ccc(CN(C)C(=O)CN2C(=O)[C@H]3CC=CC[C@@H]3C2=O)cc1. The van der Waals surface area contributed by atoms with E-state index in [2.05, 4.69) is 5.32 Å². The molecule has 27 heavy (non-hydrogen) atoms. The van der Waals surface area contributed by atoms with Crippen molar-refractivity contribution in [2.45, 2.75) is 19.4 Å². The Kier molecular flexibility index (Phi) is 5.39. The molecule has 1 aromatic rings. The Hall–Kier alpha value is -2.96. The van der Waals surface area contributed by atoms with Crippen LogP contribution in [0.3, 0.4) is 0 Å². The minimum Gasteiger partial charge on any atom is -0.355 e. The second-order valence-electron chi connectivity index (χ2n) is 6.94. The second kappa shape index (κ2) is 7.73. The van der Waals surface area contributed by atoms with Gasteiger partial charge in [-0.15, -0.1) is 0 Å². The molecule has 0 aromatic heterocycles. The topological polar surface area (TPSA) is 86.8 Å². The molecule has 1 aromatic carbocycles. The van der Waals surface area contributed by atoms with E-state index in [1.807, 2.05) is 12.2 Å². The zero-order valence-electron chi connectivity index (χ0n) is 15.5. The van der Waals surface area contributed by atoms with Crippen LogP contribution in [0.2, 0.25) is 0 Å². The number of rotatable bonds is 5. The van der Waals surface area contributed by atoms with Gasteiger partial charge in [0.15, 0.2) is 0 Å². The predicted molar refractivity (Wildman–Crippen MR) is 98.4 cm³/mol. The molecule has 7 nitrogen and oxygen atoms in total. The van der Waals surface area contributed by atoms with Gasteiger partial charge in [-0.1, -0.05) is 24.3 Å². The summed E-state index contributed by atoms with van der Waals surface area (Å²) in [7, 11) is 3.20. The molecule has 1 saturated heterocycles. The van der Waals surface area contributed by atoms with E-state index in [4.69, 9.17) is 0 Å². The number of amides is 4. The lowest BCUT2D eigenvalue weighted by Gasteiger charge is -2.21. The molecule has 7 heteroatoms. The van der Waals surface area contributed by atoms with Crippen LogP contribution in [0.15, 0.2) is 36.4 Å². The zero-order valence-corrected chi connectivity index (χ0v) is 15.5. The Balaban J connectivity index is 1.60. The number of benzene rings is 1. The van der Waals surface area contributed by atoms with E-state index in [-0.39, 0.29) is 42.0 Å². The fraction of sp³-hybridized carbons (Fsp3) is 0.400. The third-order valence-corrected chi connectivity index (χ3v) is 5.18. The maximum atomic E-state index is 12.5. The van der Waals surface area contributed by atoms with E-state index in [1.54, 1.807) is 38.4 Å². The minimum atomic E-state index is -0.321. The molecule has 2 atom stereocenters. The molecule has 0 bridgehead atoms. The zero-order chi connectivity index (χ0) is 19.6. The Morgan fingerprint density at radius 2 is 1.63 bits per heavy atom. The number of likely N-dealkylation sites (tertiary alicyclic amines) is 1. The Labute approximate surface area is 158 Å². The third kappa shape index (κ3) is 3.77. The largest absolute Gasteiger partial charge is 0.355 e. The van der Waals surface area contributed by atoms with Gasteiger partial charge < -0.3 is 10.2 Å². The number of hydrogen-bond acceptors (Lipinski definition) is 4. The summed E-state index contributed by atoms with van der Waals surface area (Å²) in [5.41, 5.74) is 1.40. The molecule has 1 heterocycles. The first-order chi connectivity index (χ1) is 12.9. The van der Waals surface area contributed by atoms with E-state index < -0.39 is 0 Å². The number of nitrogens with one attached hydrogen (secondary N) is 1. The Morgan fingerprint density at radius 1 is 1.07 bits per heavy atom. The second-order valence-corrected chi connectivity index (χ2v) is 6.94. The van der Waals surface area contributed by atoms with E-state index in [0.717, 1.165) is 10.5 Å². The Bertz CT molecular complexity index is 774. The lowest BCUT2D eigenvalue weighted by atomic mass is 9.85. The van der Waals surface area contributed by atoms with Crippen LogP contribution in [0, 0.1) is 11.8 Å². The van der Waals surface area contributed by atoms with Crippen molar-refractivity contribution >= 4 is 23.6 Å². The third-order valence-electron chi connectivity index (χ3n) is 5.18. The summed E-state index contributed by atoms with van der Waals surface area (Å²) in [6.45, 7) is 0.106. The molecule has 2 aliphatic rings. The first-order valence-electron chi connectivity index (χ1n) is 8.97. The van der Waals surface area contributed by atoms with Crippen molar-refractivity contribution in [1.82, 2.24) is 15.1 Å². The minimum absolute atomic E-state index is 0.173. The highest BCUT2D eigenvalue weighted by Crippen LogP contribution is 2.34. The van der Waals surface area contributed by atoms with Crippen molar-refractivity contribution in [3.8, 4) is 0 Å². The number of likely N-dealkylation sites (N-methyl/N-ethyl adjacent to an activating group) is 1. The lowest BCUT2D eigenvalue weighted by molar-refractivity contribution is -0.146. The molecule has 4 amide bonds. The van der Waals surface area contributed by atoms with Crippen LogP contribution in [0.25, 0.3) is 0 Å². The predicted octanol–water partition coefficient (Wildman–Crippen LogP) is 0.956. The van der Waals surface area contributed by atoms with Crippen LogP contribution in [0.5, 0.6) is 0 Å². The van der Waals surface area contributed by atoms with E-state index >= 15 is 0 Å². The fourth-order valence-corrected chi connectivity index (χ4v) is 3.55. The van der Waals surface area contributed by atoms with Crippen molar-refractivity contribution in [3.63, 3.8) is 0 Å². The number of carbonyl (C=O) groups is 4. The summed E-state index contributed by atoms with van der Waals surface area (Å²) in [4.78, 5) is 51.6. The number of nitrogens with zero attached hydrogens (tertiary/aromatic N) is 2. The monoisotopic (exact) mass is 369 g/mol. The van der Waals surface area contributed by atoms with Gasteiger partial charge in [0, 0.05) is 26.2 Å².